The standard InChI is InChI=1S/C27H28N2O5S/c1-19(2)29-35(31,32)18-23-10-6-5-9-22(23)16-28-27(30)26-14-13-25(34-26)17-33-24-12-11-20-7-3-4-8-21(20)15-24/h3-15,19,29H,16-18H2,1-2H3,(H,28,30). The van der Waals surface area contributed by atoms with Gasteiger partial charge in [0, 0.05) is 12.6 Å². The smallest absolute Gasteiger partial charge is 0.287 e. The molecule has 182 valence electrons. The Balaban J connectivity index is 1.34. The minimum absolute atomic E-state index is 0.158. The van der Waals surface area contributed by atoms with Gasteiger partial charge in [-0.3, -0.25) is 4.79 Å². The minimum Gasteiger partial charge on any atom is -0.486 e. The van der Waals surface area contributed by atoms with Crippen molar-refractivity contribution in [1.82, 2.24) is 10.0 Å². The van der Waals surface area contributed by atoms with Crippen molar-refractivity contribution in [3.8, 4) is 5.75 Å². The number of ether oxygens (including phenoxy) is 1. The quantitative estimate of drug-likeness (QED) is 0.332. The Morgan fingerprint density at radius 1 is 0.914 bits per heavy atom. The van der Waals surface area contributed by atoms with Crippen LogP contribution in [0.4, 0.5) is 0 Å². The molecule has 35 heavy (non-hydrogen) atoms. The zero-order chi connectivity index (χ0) is 24.8. The molecular weight excluding hydrogens is 464 g/mol. The Morgan fingerprint density at radius 3 is 2.40 bits per heavy atom. The van der Waals surface area contributed by atoms with Crippen LogP contribution in [0.25, 0.3) is 10.8 Å². The Labute approximate surface area is 205 Å². The summed E-state index contributed by atoms with van der Waals surface area (Å²) >= 11 is 0. The van der Waals surface area contributed by atoms with E-state index in [0.29, 0.717) is 17.1 Å². The molecule has 1 heterocycles. The molecule has 2 N–H and O–H groups in total. The highest BCUT2D eigenvalue weighted by molar-refractivity contribution is 7.88. The lowest BCUT2D eigenvalue weighted by atomic mass is 10.1. The fourth-order valence-corrected chi connectivity index (χ4v) is 5.22. The first-order valence-corrected chi connectivity index (χ1v) is 13.0. The maximum Gasteiger partial charge on any atom is 0.287 e. The van der Waals surface area contributed by atoms with E-state index in [4.69, 9.17) is 9.15 Å². The first kappa shape index (κ1) is 24.5. The van der Waals surface area contributed by atoms with E-state index in [1.165, 1.54) is 0 Å². The lowest BCUT2D eigenvalue weighted by molar-refractivity contribution is 0.0919. The van der Waals surface area contributed by atoms with Gasteiger partial charge in [-0.1, -0.05) is 54.6 Å². The molecule has 0 saturated carbocycles. The topological polar surface area (TPSA) is 97.6 Å². The van der Waals surface area contributed by atoms with Crippen molar-refractivity contribution in [2.24, 2.45) is 0 Å². The molecule has 0 unspecified atom stereocenters. The third kappa shape index (κ3) is 6.71. The molecule has 3 aromatic carbocycles. The highest BCUT2D eigenvalue weighted by atomic mass is 32.2. The van der Waals surface area contributed by atoms with Crippen LogP contribution in [0, 0.1) is 0 Å². The second-order valence-electron chi connectivity index (χ2n) is 8.55. The molecule has 0 spiro atoms. The first-order valence-electron chi connectivity index (χ1n) is 11.3. The van der Waals surface area contributed by atoms with Crippen molar-refractivity contribution in [2.45, 2.75) is 38.8 Å². The zero-order valence-electron chi connectivity index (χ0n) is 19.7. The average Bonchev–Trinajstić information content (AvgIpc) is 3.30. The summed E-state index contributed by atoms with van der Waals surface area (Å²) in [6.45, 7) is 3.91. The van der Waals surface area contributed by atoms with E-state index in [1.54, 1.807) is 44.2 Å². The number of carbonyl (C=O) groups excluding carboxylic acids is 1. The number of carbonyl (C=O) groups is 1. The summed E-state index contributed by atoms with van der Waals surface area (Å²) in [5.74, 6) is 0.849. The van der Waals surface area contributed by atoms with E-state index in [-0.39, 0.29) is 36.6 Å². The largest absolute Gasteiger partial charge is 0.486 e. The van der Waals surface area contributed by atoms with Gasteiger partial charge in [0.25, 0.3) is 5.91 Å². The van der Waals surface area contributed by atoms with Crippen molar-refractivity contribution in [1.29, 1.82) is 0 Å². The van der Waals surface area contributed by atoms with Crippen LogP contribution < -0.4 is 14.8 Å². The summed E-state index contributed by atoms with van der Waals surface area (Å²) in [4.78, 5) is 12.6. The summed E-state index contributed by atoms with van der Waals surface area (Å²) < 4.78 is 38.7. The van der Waals surface area contributed by atoms with Crippen LogP contribution in [0.3, 0.4) is 0 Å². The van der Waals surface area contributed by atoms with Gasteiger partial charge in [0.1, 0.15) is 18.1 Å². The zero-order valence-corrected chi connectivity index (χ0v) is 20.5. The number of sulfonamides is 1. The van der Waals surface area contributed by atoms with Crippen LogP contribution in [-0.4, -0.2) is 20.4 Å². The number of hydrogen-bond donors (Lipinski definition) is 2. The SMILES string of the molecule is CC(C)NS(=O)(=O)Cc1ccccc1CNC(=O)c1ccc(COc2ccc3ccccc3c2)o1. The van der Waals surface area contributed by atoms with E-state index < -0.39 is 10.0 Å². The number of benzene rings is 3. The predicted molar refractivity (Wildman–Crippen MR) is 135 cm³/mol. The molecule has 1 aromatic heterocycles. The summed E-state index contributed by atoms with van der Waals surface area (Å²) in [5.41, 5.74) is 1.35. The molecule has 0 aliphatic rings. The van der Waals surface area contributed by atoms with E-state index in [2.05, 4.69) is 10.0 Å². The van der Waals surface area contributed by atoms with Gasteiger partial charge in [-0.25, -0.2) is 13.1 Å². The number of rotatable bonds is 10. The predicted octanol–water partition coefficient (Wildman–Crippen LogP) is 4.77. The monoisotopic (exact) mass is 492 g/mol. The molecule has 8 heteroatoms. The molecule has 7 nitrogen and oxygen atoms in total. The maximum absolute atomic E-state index is 12.6. The normalized spacial score (nSPS) is 11.6. The van der Waals surface area contributed by atoms with E-state index in [9.17, 15) is 13.2 Å². The lowest BCUT2D eigenvalue weighted by Crippen LogP contribution is -2.31. The summed E-state index contributed by atoms with van der Waals surface area (Å²) in [6.07, 6.45) is 0. The number of amides is 1. The number of hydrogen-bond acceptors (Lipinski definition) is 5. The molecule has 0 aliphatic heterocycles. The second-order valence-corrected chi connectivity index (χ2v) is 10.3. The van der Waals surface area contributed by atoms with Crippen molar-refractivity contribution >= 4 is 26.7 Å². The molecular formula is C27H28N2O5S. The van der Waals surface area contributed by atoms with E-state index >= 15 is 0 Å². The molecule has 0 saturated heterocycles. The highest BCUT2D eigenvalue weighted by Crippen LogP contribution is 2.22. The number of nitrogens with one attached hydrogen (secondary N) is 2. The van der Waals surface area contributed by atoms with Crippen LogP contribution >= 0.6 is 0 Å². The number of furan rings is 1. The van der Waals surface area contributed by atoms with Crippen LogP contribution in [-0.2, 0) is 28.9 Å². The molecule has 0 bridgehead atoms. The van der Waals surface area contributed by atoms with E-state index in [1.807, 2.05) is 48.5 Å². The Bertz CT molecular complexity index is 1430. The van der Waals surface area contributed by atoms with Gasteiger partial charge in [-0.15, -0.1) is 0 Å². The van der Waals surface area contributed by atoms with Crippen LogP contribution in [0.15, 0.2) is 83.3 Å². The fraction of sp³-hybridized carbons (Fsp3) is 0.222. The Hall–Kier alpha value is -3.62. The van der Waals surface area contributed by atoms with Gasteiger partial charge < -0.3 is 14.5 Å². The molecule has 4 aromatic rings. The molecule has 1 amide bonds. The van der Waals surface area contributed by atoms with Crippen molar-refractivity contribution in [3.05, 3.63) is 102 Å². The van der Waals surface area contributed by atoms with Crippen LogP contribution in [0.2, 0.25) is 0 Å². The summed E-state index contributed by atoms with van der Waals surface area (Å²) in [6, 6.07) is 24.1. The van der Waals surface area contributed by atoms with E-state index in [0.717, 1.165) is 16.3 Å². The summed E-state index contributed by atoms with van der Waals surface area (Å²) in [7, 11) is -3.48. The van der Waals surface area contributed by atoms with Crippen LogP contribution in [0.1, 0.15) is 41.3 Å². The van der Waals surface area contributed by atoms with Gasteiger partial charge >= 0.3 is 0 Å². The van der Waals surface area contributed by atoms with Crippen molar-refractivity contribution < 1.29 is 22.4 Å². The van der Waals surface area contributed by atoms with Gasteiger partial charge in [-0.2, -0.15) is 0 Å². The van der Waals surface area contributed by atoms with Gasteiger partial charge in [0.05, 0.1) is 5.75 Å². The Kier molecular flexibility index (Phi) is 7.53. The molecule has 0 atom stereocenters. The summed E-state index contributed by atoms with van der Waals surface area (Å²) in [5, 5.41) is 5.01. The average molecular weight is 493 g/mol. The van der Waals surface area contributed by atoms with Crippen molar-refractivity contribution in [2.75, 3.05) is 0 Å². The first-order chi connectivity index (χ1) is 16.8. The third-order valence-electron chi connectivity index (χ3n) is 5.31. The third-order valence-corrected chi connectivity index (χ3v) is 6.83. The van der Waals surface area contributed by atoms with Crippen molar-refractivity contribution in [3.63, 3.8) is 0 Å². The minimum atomic E-state index is -3.48. The van der Waals surface area contributed by atoms with Crippen LogP contribution in [0.5, 0.6) is 5.75 Å². The molecule has 0 aliphatic carbocycles. The molecule has 4 rings (SSSR count). The van der Waals surface area contributed by atoms with Gasteiger partial charge in [-0.05, 0) is 60.0 Å². The van der Waals surface area contributed by atoms with Gasteiger partial charge in [0.2, 0.25) is 10.0 Å². The maximum atomic E-state index is 12.6. The molecule has 0 radical (unpaired) electrons. The second kappa shape index (κ2) is 10.8. The highest BCUT2D eigenvalue weighted by Gasteiger charge is 2.17. The van der Waals surface area contributed by atoms with Gasteiger partial charge in [0.15, 0.2) is 5.76 Å². The lowest BCUT2D eigenvalue weighted by Gasteiger charge is -2.13. The Morgan fingerprint density at radius 2 is 1.63 bits per heavy atom. The number of fused-ring (bicyclic) bond motifs is 1. The molecule has 0 fully saturated rings. The fourth-order valence-electron chi connectivity index (χ4n) is 3.73.